The molecular weight excluding hydrogens is 358 g/mol. The monoisotopic (exact) mass is 370 g/mol. The Morgan fingerprint density at radius 2 is 1.95 bits per heavy atom. The Labute approximate surface area is 124 Å². The average molecular weight is 371 g/mol. The molecule has 5 nitrogen and oxygen atoms in total. The first-order chi connectivity index (χ1) is 9.15. The molecule has 0 saturated carbocycles. The van der Waals surface area contributed by atoms with Crippen LogP contribution in [0.25, 0.3) is 0 Å². The van der Waals surface area contributed by atoms with E-state index in [1.54, 1.807) is 0 Å². The fraction of sp³-hybridized carbons (Fsp3) is 0.364. The number of hydrogen-bond acceptors (Lipinski definition) is 3. The standard InChI is InChI=1S/C11H13BrF2N2O3S/c1-16(2)10(17)3-4-15-20(18,19)11-8(12)5-7(13)6-9(11)14/h5-6,15H,3-4H2,1-2H3. The molecule has 9 heteroatoms. The van der Waals surface area contributed by atoms with Gasteiger partial charge < -0.3 is 4.90 Å². The van der Waals surface area contributed by atoms with Gasteiger partial charge in [-0.1, -0.05) is 0 Å². The van der Waals surface area contributed by atoms with Gasteiger partial charge in [0.2, 0.25) is 15.9 Å². The quantitative estimate of drug-likeness (QED) is 0.853. The molecule has 0 fully saturated rings. The molecule has 1 aromatic carbocycles. The van der Waals surface area contributed by atoms with Gasteiger partial charge in [0, 0.05) is 37.6 Å². The molecule has 0 spiro atoms. The highest BCUT2D eigenvalue weighted by atomic mass is 79.9. The number of rotatable bonds is 5. The number of halogens is 3. The molecule has 1 N–H and O–H groups in total. The molecule has 1 rings (SSSR count). The first-order valence-corrected chi connectivity index (χ1v) is 7.77. The lowest BCUT2D eigenvalue weighted by atomic mass is 10.3. The van der Waals surface area contributed by atoms with Gasteiger partial charge in [-0.25, -0.2) is 21.9 Å². The van der Waals surface area contributed by atoms with E-state index in [2.05, 4.69) is 20.7 Å². The van der Waals surface area contributed by atoms with E-state index in [1.165, 1.54) is 19.0 Å². The number of amides is 1. The van der Waals surface area contributed by atoms with Crippen LogP contribution in [0.3, 0.4) is 0 Å². The summed E-state index contributed by atoms with van der Waals surface area (Å²) in [6.45, 7) is -0.178. The van der Waals surface area contributed by atoms with E-state index >= 15 is 0 Å². The van der Waals surface area contributed by atoms with Crippen molar-refractivity contribution in [3.8, 4) is 0 Å². The van der Waals surface area contributed by atoms with Crippen molar-refractivity contribution in [2.24, 2.45) is 0 Å². The van der Waals surface area contributed by atoms with Crippen LogP contribution in [-0.4, -0.2) is 39.9 Å². The van der Waals surface area contributed by atoms with Gasteiger partial charge in [-0.3, -0.25) is 4.79 Å². The molecule has 112 valence electrons. The van der Waals surface area contributed by atoms with Gasteiger partial charge in [-0.2, -0.15) is 0 Å². The van der Waals surface area contributed by atoms with Gasteiger partial charge in [0.1, 0.15) is 16.5 Å². The minimum atomic E-state index is -4.17. The molecule has 0 radical (unpaired) electrons. The van der Waals surface area contributed by atoms with Crippen molar-refractivity contribution in [1.29, 1.82) is 0 Å². The largest absolute Gasteiger partial charge is 0.349 e. The van der Waals surface area contributed by atoms with Crippen LogP contribution in [-0.2, 0) is 14.8 Å². The van der Waals surface area contributed by atoms with Gasteiger partial charge in [0.15, 0.2) is 0 Å². The van der Waals surface area contributed by atoms with E-state index in [1.807, 2.05) is 0 Å². The van der Waals surface area contributed by atoms with Gasteiger partial charge in [0.25, 0.3) is 0 Å². The van der Waals surface area contributed by atoms with Crippen molar-refractivity contribution in [3.05, 3.63) is 28.2 Å². The van der Waals surface area contributed by atoms with E-state index in [9.17, 15) is 22.0 Å². The highest BCUT2D eigenvalue weighted by Gasteiger charge is 2.23. The first-order valence-electron chi connectivity index (χ1n) is 5.49. The molecule has 20 heavy (non-hydrogen) atoms. The molecule has 1 aromatic rings. The molecule has 0 aliphatic carbocycles. The zero-order valence-electron chi connectivity index (χ0n) is 10.8. The Morgan fingerprint density at radius 3 is 2.45 bits per heavy atom. The summed E-state index contributed by atoms with van der Waals surface area (Å²) in [7, 11) is -1.10. The summed E-state index contributed by atoms with van der Waals surface area (Å²) in [5.41, 5.74) is 0. The number of carbonyl (C=O) groups is 1. The maximum absolute atomic E-state index is 13.6. The van der Waals surface area contributed by atoms with E-state index < -0.39 is 26.6 Å². The maximum Gasteiger partial charge on any atom is 0.244 e. The van der Waals surface area contributed by atoms with Crippen LogP contribution in [0.4, 0.5) is 8.78 Å². The number of sulfonamides is 1. The summed E-state index contributed by atoms with van der Waals surface area (Å²) in [6, 6.07) is 1.33. The Morgan fingerprint density at radius 1 is 1.35 bits per heavy atom. The third kappa shape index (κ3) is 4.22. The van der Waals surface area contributed by atoms with Crippen LogP contribution >= 0.6 is 15.9 Å². The Bertz CT molecular complexity index is 597. The van der Waals surface area contributed by atoms with E-state index in [-0.39, 0.29) is 23.3 Å². The second-order valence-electron chi connectivity index (χ2n) is 4.13. The molecular formula is C11H13BrF2N2O3S. The SMILES string of the molecule is CN(C)C(=O)CCNS(=O)(=O)c1c(F)cc(F)cc1Br. The summed E-state index contributed by atoms with van der Waals surface area (Å²) in [4.78, 5) is 11.9. The van der Waals surface area contributed by atoms with Gasteiger partial charge in [-0.15, -0.1) is 0 Å². The Hall–Kier alpha value is -1.06. The van der Waals surface area contributed by atoms with Gasteiger partial charge >= 0.3 is 0 Å². The lowest BCUT2D eigenvalue weighted by Gasteiger charge is -2.12. The minimum Gasteiger partial charge on any atom is -0.349 e. The van der Waals surface area contributed by atoms with E-state index in [4.69, 9.17) is 0 Å². The average Bonchev–Trinajstić information content (AvgIpc) is 2.26. The Kier molecular flexibility index (Phi) is 5.60. The molecule has 0 aromatic heterocycles. The second-order valence-corrected chi connectivity index (χ2v) is 6.69. The number of nitrogens with one attached hydrogen (secondary N) is 1. The fourth-order valence-electron chi connectivity index (χ4n) is 1.37. The zero-order valence-corrected chi connectivity index (χ0v) is 13.2. The van der Waals surface area contributed by atoms with Gasteiger partial charge in [0.05, 0.1) is 0 Å². The third-order valence-electron chi connectivity index (χ3n) is 2.36. The predicted molar refractivity (Wildman–Crippen MR) is 72.6 cm³/mol. The van der Waals surface area contributed by atoms with Crippen LogP contribution < -0.4 is 4.72 Å². The van der Waals surface area contributed by atoms with Gasteiger partial charge in [-0.05, 0) is 22.0 Å². The first kappa shape index (κ1) is 17.0. The fourth-order valence-corrected chi connectivity index (χ4v) is 3.57. The van der Waals surface area contributed by atoms with E-state index in [0.29, 0.717) is 6.07 Å². The predicted octanol–water partition coefficient (Wildman–Crippen LogP) is 1.48. The smallest absolute Gasteiger partial charge is 0.244 e. The molecule has 0 saturated heterocycles. The number of hydrogen-bond donors (Lipinski definition) is 1. The van der Waals surface area contributed by atoms with Crippen LogP contribution in [0.2, 0.25) is 0 Å². The number of benzene rings is 1. The summed E-state index contributed by atoms with van der Waals surface area (Å²) < 4.78 is 52.2. The lowest BCUT2D eigenvalue weighted by molar-refractivity contribution is -0.128. The molecule has 0 heterocycles. The zero-order chi connectivity index (χ0) is 15.5. The summed E-state index contributed by atoms with van der Waals surface area (Å²) in [5, 5.41) is 0. The normalized spacial score (nSPS) is 11.4. The Balaban J connectivity index is 2.88. The molecule has 0 aliphatic rings. The van der Waals surface area contributed by atoms with Crippen molar-refractivity contribution in [3.63, 3.8) is 0 Å². The summed E-state index contributed by atoms with van der Waals surface area (Å²) in [6.07, 6.45) is -0.0628. The lowest BCUT2D eigenvalue weighted by Crippen LogP contribution is -2.30. The molecule has 1 amide bonds. The van der Waals surface area contributed by atoms with Crippen molar-refractivity contribution < 1.29 is 22.0 Å². The second kappa shape index (κ2) is 6.59. The molecule has 0 unspecified atom stereocenters. The van der Waals surface area contributed by atoms with E-state index in [0.717, 1.165) is 6.07 Å². The minimum absolute atomic E-state index is 0.0628. The van der Waals surface area contributed by atoms with Crippen molar-refractivity contribution >= 4 is 31.9 Å². The number of nitrogens with zero attached hydrogens (tertiary/aromatic N) is 1. The molecule has 0 atom stereocenters. The van der Waals surface area contributed by atoms with Crippen LogP contribution in [0.15, 0.2) is 21.5 Å². The third-order valence-corrected chi connectivity index (χ3v) is 4.79. The molecule has 0 bridgehead atoms. The highest BCUT2D eigenvalue weighted by molar-refractivity contribution is 9.10. The topological polar surface area (TPSA) is 66.5 Å². The van der Waals surface area contributed by atoms with Crippen LogP contribution in [0.5, 0.6) is 0 Å². The van der Waals surface area contributed by atoms with Crippen LogP contribution in [0.1, 0.15) is 6.42 Å². The van der Waals surface area contributed by atoms with Crippen molar-refractivity contribution in [2.75, 3.05) is 20.6 Å². The maximum atomic E-state index is 13.6. The number of carbonyl (C=O) groups excluding carboxylic acids is 1. The molecule has 0 aliphatic heterocycles. The van der Waals surface area contributed by atoms with Crippen molar-refractivity contribution in [1.82, 2.24) is 9.62 Å². The summed E-state index contributed by atoms with van der Waals surface area (Å²) in [5.74, 6) is -2.37. The van der Waals surface area contributed by atoms with Crippen molar-refractivity contribution in [2.45, 2.75) is 11.3 Å². The van der Waals surface area contributed by atoms with Crippen LogP contribution in [0, 0.1) is 11.6 Å². The summed E-state index contributed by atoms with van der Waals surface area (Å²) >= 11 is 2.80. The highest BCUT2D eigenvalue weighted by Crippen LogP contribution is 2.25.